The molecule has 92 valence electrons. The van der Waals surface area contributed by atoms with Crippen molar-refractivity contribution in [1.82, 2.24) is 4.98 Å². The second-order valence-corrected chi connectivity index (χ2v) is 3.13. The van der Waals surface area contributed by atoms with Crippen LogP contribution in [-0.2, 0) is 4.79 Å². The molecule has 1 heterocycles. The van der Waals surface area contributed by atoms with Gasteiger partial charge in [0.15, 0.2) is 17.9 Å². The van der Waals surface area contributed by atoms with Crippen molar-refractivity contribution in [2.75, 3.05) is 0 Å². The molecule has 5 N–H and O–H groups in total. The fourth-order valence-electron chi connectivity index (χ4n) is 1.07. The first-order chi connectivity index (χ1) is 7.84. The topological polar surface area (TPSA) is 160 Å². The van der Waals surface area contributed by atoms with Crippen molar-refractivity contribution in [3.8, 4) is 5.75 Å². The van der Waals surface area contributed by atoms with Crippen molar-refractivity contribution >= 4 is 11.7 Å². The van der Waals surface area contributed by atoms with Crippen molar-refractivity contribution in [1.29, 1.82) is 0 Å². The van der Waals surface area contributed by atoms with E-state index in [9.17, 15) is 20.0 Å². The Bertz CT molecular complexity index is 463. The molecule has 1 amide bonds. The molecule has 0 bridgehead atoms. The van der Waals surface area contributed by atoms with E-state index < -0.39 is 34.6 Å². The fraction of sp³-hybridized carbons (Fsp3) is 0.250. The summed E-state index contributed by atoms with van der Waals surface area (Å²) in [7, 11) is 0. The summed E-state index contributed by atoms with van der Waals surface area (Å²) >= 11 is 0. The van der Waals surface area contributed by atoms with Crippen LogP contribution in [0.5, 0.6) is 5.75 Å². The van der Waals surface area contributed by atoms with E-state index >= 15 is 0 Å². The maximum Gasteiger partial charge on any atom is 0.406 e. The summed E-state index contributed by atoms with van der Waals surface area (Å²) in [6, 6.07) is 1.94. The molecule has 9 heteroatoms. The molecule has 0 aromatic carbocycles. The summed E-state index contributed by atoms with van der Waals surface area (Å²) in [5, 5.41) is 38.1. The molecule has 1 rings (SSSR count). The van der Waals surface area contributed by atoms with Gasteiger partial charge in [-0.1, -0.05) is 0 Å². The number of aromatic hydroxyl groups is 1. The van der Waals surface area contributed by atoms with Crippen LogP contribution in [0, 0.1) is 10.1 Å². The molecule has 0 aliphatic carbocycles. The number of aromatic nitrogens is 1. The highest BCUT2D eigenvalue weighted by molar-refractivity contribution is 5.79. The third-order valence-electron chi connectivity index (χ3n) is 1.94. The van der Waals surface area contributed by atoms with Crippen molar-refractivity contribution in [3.63, 3.8) is 0 Å². The number of hydrogen-bond donors (Lipinski definition) is 4. The van der Waals surface area contributed by atoms with Gasteiger partial charge in [0.05, 0.1) is 0 Å². The molecule has 0 aliphatic rings. The minimum absolute atomic E-state index is 0.346. The van der Waals surface area contributed by atoms with Gasteiger partial charge in [0, 0.05) is 0 Å². The van der Waals surface area contributed by atoms with Crippen LogP contribution in [0.2, 0.25) is 0 Å². The van der Waals surface area contributed by atoms with Gasteiger partial charge >= 0.3 is 5.82 Å². The molecule has 9 nitrogen and oxygen atoms in total. The highest BCUT2D eigenvalue weighted by Gasteiger charge is 2.29. The summed E-state index contributed by atoms with van der Waals surface area (Å²) in [5.41, 5.74) is 4.40. The minimum atomic E-state index is -1.94. The highest BCUT2D eigenvalue weighted by Crippen LogP contribution is 2.25. The number of nitro groups is 1. The van der Waals surface area contributed by atoms with Crippen LogP contribution in [0.3, 0.4) is 0 Å². The molecule has 2 unspecified atom stereocenters. The fourth-order valence-corrected chi connectivity index (χ4v) is 1.07. The van der Waals surface area contributed by atoms with E-state index in [1.807, 2.05) is 0 Å². The lowest BCUT2D eigenvalue weighted by molar-refractivity contribution is -0.390. The van der Waals surface area contributed by atoms with E-state index in [4.69, 9.17) is 15.9 Å². The van der Waals surface area contributed by atoms with Crippen molar-refractivity contribution in [2.24, 2.45) is 5.73 Å². The first-order valence-electron chi connectivity index (χ1n) is 4.34. The lowest BCUT2D eigenvalue weighted by Crippen LogP contribution is -2.34. The first kappa shape index (κ1) is 12.8. The van der Waals surface area contributed by atoms with E-state index in [1.54, 1.807) is 0 Å². The largest absolute Gasteiger partial charge is 0.501 e. The van der Waals surface area contributed by atoms with Gasteiger partial charge in [0.1, 0.15) is 0 Å². The van der Waals surface area contributed by atoms with E-state index in [0.717, 1.165) is 12.1 Å². The van der Waals surface area contributed by atoms with E-state index in [-0.39, 0.29) is 5.69 Å². The average Bonchev–Trinajstić information content (AvgIpc) is 2.27. The van der Waals surface area contributed by atoms with Gasteiger partial charge in [-0.05, 0) is 22.0 Å². The van der Waals surface area contributed by atoms with Crippen molar-refractivity contribution < 1.29 is 25.0 Å². The van der Waals surface area contributed by atoms with Crippen LogP contribution < -0.4 is 5.73 Å². The number of pyridine rings is 1. The Morgan fingerprint density at radius 2 is 2.06 bits per heavy atom. The number of primary amides is 1. The Kier molecular flexibility index (Phi) is 3.55. The predicted octanol–water partition coefficient (Wildman–Crippen LogP) is -1.43. The predicted molar refractivity (Wildman–Crippen MR) is 52.7 cm³/mol. The molecule has 17 heavy (non-hydrogen) atoms. The Hall–Kier alpha value is -2.26. The third-order valence-corrected chi connectivity index (χ3v) is 1.94. The summed E-state index contributed by atoms with van der Waals surface area (Å²) in [5.74, 6) is -2.78. The summed E-state index contributed by atoms with van der Waals surface area (Å²) in [6.45, 7) is 0. The zero-order valence-corrected chi connectivity index (χ0v) is 8.35. The lowest BCUT2D eigenvalue weighted by atomic mass is 10.1. The number of amides is 1. The molecular formula is C8H9N3O6. The Balaban J connectivity index is 3.11. The molecule has 0 saturated heterocycles. The van der Waals surface area contributed by atoms with Gasteiger partial charge in [0.2, 0.25) is 11.7 Å². The van der Waals surface area contributed by atoms with Crippen LogP contribution in [0.1, 0.15) is 11.8 Å². The SMILES string of the molecule is NC(=O)C(O)C(O)c1ccc(O)c([N+](=O)[O-])n1. The zero-order valence-electron chi connectivity index (χ0n) is 8.35. The molecule has 0 spiro atoms. The summed E-state index contributed by atoms with van der Waals surface area (Å²) < 4.78 is 0. The number of nitrogens with zero attached hydrogens (tertiary/aromatic N) is 2. The number of carbonyl (C=O) groups excluding carboxylic acids is 1. The standard InChI is InChI=1S/C8H9N3O6/c9-7(15)6(14)5(13)3-1-2-4(12)8(10-3)11(16)17/h1-2,5-6,12-14H,(H2,9,15). The third kappa shape index (κ3) is 2.65. The second-order valence-electron chi connectivity index (χ2n) is 3.13. The Morgan fingerprint density at radius 3 is 2.53 bits per heavy atom. The number of nitrogens with two attached hydrogens (primary N) is 1. The number of aliphatic hydroxyl groups is 2. The average molecular weight is 243 g/mol. The van der Waals surface area contributed by atoms with E-state index in [0.29, 0.717) is 0 Å². The first-order valence-corrected chi connectivity index (χ1v) is 4.34. The zero-order chi connectivity index (χ0) is 13.2. The van der Waals surface area contributed by atoms with Crippen LogP contribution in [-0.4, -0.2) is 37.2 Å². The summed E-state index contributed by atoms with van der Waals surface area (Å²) in [6.07, 6.45) is -3.74. The highest BCUT2D eigenvalue weighted by atomic mass is 16.6. The lowest BCUT2D eigenvalue weighted by Gasteiger charge is -2.11. The van der Waals surface area contributed by atoms with Gasteiger partial charge < -0.3 is 31.2 Å². The van der Waals surface area contributed by atoms with Crippen LogP contribution in [0.15, 0.2) is 12.1 Å². The molecule has 0 fully saturated rings. The van der Waals surface area contributed by atoms with Gasteiger partial charge in [-0.25, -0.2) is 0 Å². The number of rotatable bonds is 4. The smallest absolute Gasteiger partial charge is 0.406 e. The van der Waals surface area contributed by atoms with Gasteiger partial charge in [-0.15, -0.1) is 0 Å². The van der Waals surface area contributed by atoms with Crippen molar-refractivity contribution in [2.45, 2.75) is 12.2 Å². The molecule has 2 atom stereocenters. The van der Waals surface area contributed by atoms with Gasteiger partial charge in [-0.3, -0.25) is 4.79 Å². The number of carbonyl (C=O) groups is 1. The minimum Gasteiger partial charge on any atom is -0.501 e. The van der Waals surface area contributed by atoms with Crippen LogP contribution >= 0.6 is 0 Å². The quantitative estimate of drug-likeness (QED) is 0.372. The Morgan fingerprint density at radius 1 is 1.47 bits per heavy atom. The normalized spacial score (nSPS) is 14.0. The molecule has 0 saturated carbocycles. The van der Waals surface area contributed by atoms with E-state index in [1.165, 1.54) is 0 Å². The summed E-state index contributed by atoms with van der Waals surface area (Å²) in [4.78, 5) is 23.4. The molecular weight excluding hydrogens is 234 g/mol. The second kappa shape index (κ2) is 4.72. The van der Waals surface area contributed by atoms with Gasteiger partial charge in [0.25, 0.3) is 0 Å². The number of hydrogen-bond acceptors (Lipinski definition) is 7. The Labute approximate surface area is 94.3 Å². The van der Waals surface area contributed by atoms with Crippen LogP contribution in [0.25, 0.3) is 0 Å². The molecule has 0 radical (unpaired) electrons. The van der Waals surface area contributed by atoms with Gasteiger partial charge in [-0.2, -0.15) is 0 Å². The van der Waals surface area contributed by atoms with Crippen molar-refractivity contribution in [3.05, 3.63) is 27.9 Å². The number of aliphatic hydroxyl groups excluding tert-OH is 2. The monoisotopic (exact) mass is 243 g/mol. The van der Waals surface area contributed by atoms with E-state index in [2.05, 4.69) is 4.98 Å². The molecule has 1 aromatic heterocycles. The maximum atomic E-state index is 10.6. The van der Waals surface area contributed by atoms with Crippen LogP contribution in [0.4, 0.5) is 5.82 Å². The molecule has 1 aromatic rings. The molecule has 0 aliphatic heterocycles. The maximum absolute atomic E-state index is 10.6.